The highest BCUT2D eigenvalue weighted by molar-refractivity contribution is 5.71. The largest absolute Gasteiger partial charge is 0.477 e. The minimum absolute atomic E-state index is 0.184. The summed E-state index contributed by atoms with van der Waals surface area (Å²) in [4.78, 5) is 37.5. The third-order valence-corrected chi connectivity index (χ3v) is 12.9. The summed E-state index contributed by atoms with van der Waals surface area (Å²) >= 11 is 0. The number of rotatable bonds is 55. The van der Waals surface area contributed by atoms with Crippen LogP contribution in [0.1, 0.15) is 258 Å². The molecule has 0 aliphatic rings. The quantitative estimate of drug-likeness (QED) is 0.0211. The molecule has 0 aromatic carbocycles. The van der Waals surface area contributed by atoms with Crippen LogP contribution in [0.15, 0.2) is 72.9 Å². The van der Waals surface area contributed by atoms with Crippen molar-refractivity contribution in [1.29, 1.82) is 0 Å². The standard InChI is InChI=1S/C64H113NO8/c1-6-8-10-12-14-16-18-20-22-24-26-27-28-29-30-31-32-33-34-35-37-39-41-43-45-47-49-51-53-55-62(67)73-60(59-72-64(63(68)69)70-57-56-65(3,4)5)58-71-61(66)54-52-50-48-46-44-42-40-38-36-25-23-21-19-17-15-13-11-9-7-2/h8,10,14,16,20-23,26-27,29-30,60,64H,6-7,9,11-13,15,17-19,24-25,28,31-59H2,1-5H3/p+1/b10-8-,16-14-,22-20-,23-21-,27-26-,30-29-. The normalized spacial score (nSPS) is 13.3. The molecule has 1 N–H and O–H groups in total. The molecule has 0 spiro atoms. The van der Waals surface area contributed by atoms with Gasteiger partial charge in [0.1, 0.15) is 13.2 Å². The second kappa shape index (κ2) is 55.0. The molecule has 422 valence electrons. The van der Waals surface area contributed by atoms with Crippen molar-refractivity contribution in [2.45, 2.75) is 270 Å². The first kappa shape index (κ1) is 69.7. The van der Waals surface area contributed by atoms with Gasteiger partial charge in [-0.2, -0.15) is 0 Å². The van der Waals surface area contributed by atoms with Crippen molar-refractivity contribution in [2.24, 2.45) is 0 Å². The van der Waals surface area contributed by atoms with Gasteiger partial charge in [0, 0.05) is 12.8 Å². The van der Waals surface area contributed by atoms with E-state index in [1.807, 2.05) is 21.1 Å². The predicted octanol–water partition coefficient (Wildman–Crippen LogP) is 17.8. The molecule has 0 aromatic heterocycles. The number of ether oxygens (including phenoxy) is 4. The summed E-state index contributed by atoms with van der Waals surface area (Å²) in [5.41, 5.74) is 0. The number of allylic oxidation sites excluding steroid dienone is 12. The first-order valence-electron chi connectivity index (χ1n) is 30.1. The summed E-state index contributed by atoms with van der Waals surface area (Å²) in [5, 5.41) is 9.71. The molecule has 9 nitrogen and oxygen atoms in total. The molecular weight excluding hydrogens is 911 g/mol. The molecule has 2 atom stereocenters. The molecule has 0 rings (SSSR count). The van der Waals surface area contributed by atoms with E-state index in [1.54, 1.807) is 0 Å². The maximum Gasteiger partial charge on any atom is 0.361 e. The highest BCUT2D eigenvalue weighted by Gasteiger charge is 2.25. The third kappa shape index (κ3) is 56.3. The lowest BCUT2D eigenvalue weighted by Crippen LogP contribution is -2.40. The Kier molecular flexibility index (Phi) is 52.5. The molecule has 0 heterocycles. The van der Waals surface area contributed by atoms with Gasteiger partial charge in [0.25, 0.3) is 6.29 Å². The molecule has 73 heavy (non-hydrogen) atoms. The molecule has 0 bridgehead atoms. The summed E-state index contributed by atoms with van der Waals surface area (Å²) in [5.74, 6) is -2.00. The monoisotopic (exact) mass is 1020 g/mol. The highest BCUT2D eigenvalue weighted by Crippen LogP contribution is 2.16. The average Bonchev–Trinajstić information content (AvgIpc) is 3.36. The van der Waals surface area contributed by atoms with Gasteiger partial charge < -0.3 is 28.5 Å². The number of esters is 2. The summed E-state index contributed by atoms with van der Waals surface area (Å²) in [6.45, 7) is 4.78. The average molecular weight is 1030 g/mol. The Bertz CT molecular complexity index is 1420. The van der Waals surface area contributed by atoms with Gasteiger partial charge in [-0.3, -0.25) is 9.59 Å². The van der Waals surface area contributed by atoms with Gasteiger partial charge in [-0.15, -0.1) is 0 Å². The van der Waals surface area contributed by atoms with Crippen LogP contribution in [-0.4, -0.2) is 87.4 Å². The van der Waals surface area contributed by atoms with E-state index >= 15 is 0 Å². The van der Waals surface area contributed by atoms with E-state index in [0.717, 1.165) is 70.6 Å². The van der Waals surface area contributed by atoms with Gasteiger partial charge in [-0.1, -0.05) is 234 Å². The van der Waals surface area contributed by atoms with Crippen molar-refractivity contribution >= 4 is 17.9 Å². The molecule has 0 fully saturated rings. The minimum atomic E-state index is -1.51. The van der Waals surface area contributed by atoms with E-state index in [0.29, 0.717) is 17.4 Å². The third-order valence-electron chi connectivity index (χ3n) is 12.9. The van der Waals surface area contributed by atoms with Crippen molar-refractivity contribution in [2.75, 3.05) is 47.5 Å². The number of aliphatic carboxylic acids is 1. The zero-order chi connectivity index (χ0) is 53.4. The summed E-state index contributed by atoms with van der Waals surface area (Å²) in [7, 11) is 5.97. The van der Waals surface area contributed by atoms with Crippen LogP contribution in [0.5, 0.6) is 0 Å². The Hall–Kier alpha value is -3.27. The second-order valence-electron chi connectivity index (χ2n) is 21.3. The Morgan fingerprint density at radius 2 is 0.781 bits per heavy atom. The topological polar surface area (TPSA) is 108 Å². The Balaban J connectivity index is 4.20. The predicted molar refractivity (Wildman–Crippen MR) is 309 cm³/mol. The van der Waals surface area contributed by atoms with Crippen LogP contribution < -0.4 is 0 Å². The second-order valence-corrected chi connectivity index (χ2v) is 21.3. The molecule has 2 unspecified atom stereocenters. The van der Waals surface area contributed by atoms with E-state index in [9.17, 15) is 19.5 Å². The molecule has 0 saturated carbocycles. The number of carboxylic acid groups (broad SMARTS) is 1. The minimum Gasteiger partial charge on any atom is -0.477 e. The van der Waals surface area contributed by atoms with Crippen molar-refractivity contribution < 1.29 is 42.9 Å². The Morgan fingerprint density at radius 1 is 0.425 bits per heavy atom. The number of hydrogen-bond acceptors (Lipinski definition) is 7. The van der Waals surface area contributed by atoms with Gasteiger partial charge in [-0.25, -0.2) is 4.79 Å². The molecule has 0 aliphatic carbocycles. The number of likely N-dealkylation sites (N-methyl/N-ethyl adjacent to an activating group) is 1. The number of carboxylic acids is 1. The fraction of sp³-hybridized carbons (Fsp3) is 0.766. The van der Waals surface area contributed by atoms with Gasteiger partial charge in [0.15, 0.2) is 6.10 Å². The van der Waals surface area contributed by atoms with Gasteiger partial charge in [-0.05, 0) is 83.5 Å². The van der Waals surface area contributed by atoms with Crippen LogP contribution in [0.2, 0.25) is 0 Å². The molecule has 0 aliphatic heterocycles. The maximum absolute atomic E-state index is 12.9. The van der Waals surface area contributed by atoms with Crippen LogP contribution >= 0.6 is 0 Å². The molecule has 0 saturated heterocycles. The van der Waals surface area contributed by atoms with Gasteiger partial charge >= 0.3 is 17.9 Å². The van der Waals surface area contributed by atoms with Crippen molar-refractivity contribution in [3.63, 3.8) is 0 Å². The molecule has 0 amide bonds. The first-order valence-corrected chi connectivity index (χ1v) is 30.1. The van der Waals surface area contributed by atoms with Crippen LogP contribution in [0.3, 0.4) is 0 Å². The highest BCUT2D eigenvalue weighted by atomic mass is 16.7. The smallest absolute Gasteiger partial charge is 0.361 e. The van der Waals surface area contributed by atoms with Crippen LogP contribution in [-0.2, 0) is 33.3 Å². The number of nitrogens with zero attached hydrogens (tertiary/aromatic N) is 1. The van der Waals surface area contributed by atoms with Crippen molar-refractivity contribution in [3.05, 3.63) is 72.9 Å². The number of quaternary nitrogens is 1. The Morgan fingerprint density at radius 3 is 1.18 bits per heavy atom. The Labute approximate surface area is 449 Å². The lowest BCUT2D eigenvalue weighted by molar-refractivity contribution is -0.870. The molecule has 0 radical (unpaired) electrons. The SMILES string of the molecule is CC/C=C\C/C=C\C/C=C\C/C=C\C/C=C\CCCCCCCCCCCCCCCC(=O)OC(COC(=O)CCCCCCCCCCC/C=C\CCCCCCCC)COC(OCC[N+](C)(C)C)C(=O)O. The molecule has 9 heteroatoms. The van der Waals surface area contributed by atoms with Crippen molar-refractivity contribution in [3.8, 4) is 0 Å². The number of unbranched alkanes of at least 4 members (excludes halogenated alkanes) is 28. The van der Waals surface area contributed by atoms with E-state index in [-0.39, 0.29) is 32.2 Å². The van der Waals surface area contributed by atoms with Crippen LogP contribution in [0.4, 0.5) is 0 Å². The van der Waals surface area contributed by atoms with E-state index < -0.39 is 24.3 Å². The lowest BCUT2D eigenvalue weighted by atomic mass is 10.0. The van der Waals surface area contributed by atoms with Crippen molar-refractivity contribution in [1.82, 2.24) is 0 Å². The zero-order valence-corrected chi connectivity index (χ0v) is 48.0. The van der Waals surface area contributed by atoms with Crippen LogP contribution in [0.25, 0.3) is 0 Å². The number of hydrogen-bond donors (Lipinski definition) is 1. The number of carbonyl (C=O) groups excluding carboxylic acids is 2. The van der Waals surface area contributed by atoms with E-state index in [1.165, 1.54) is 161 Å². The first-order chi connectivity index (χ1) is 35.6. The summed E-state index contributed by atoms with van der Waals surface area (Å²) < 4.78 is 22.9. The zero-order valence-electron chi connectivity index (χ0n) is 48.0. The lowest BCUT2D eigenvalue weighted by Gasteiger charge is -2.25. The van der Waals surface area contributed by atoms with Gasteiger partial charge in [0.2, 0.25) is 0 Å². The summed E-state index contributed by atoms with van der Waals surface area (Å²) in [6.07, 6.45) is 68.3. The van der Waals surface area contributed by atoms with Crippen LogP contribution in [0, 0.1) is 0 Å². The molecular formula is C64H114NO8+. The van der Waals surface area contributed by atoms with Gasteiger partial charge in [0.05, 0.1) is 34.4 Å². The van der Waals surface area contributed by atoms with E-state index in [4.69, 9.17) is 18.9 Å². The fourth-order valence-corrected chi connectivity index (χ4v) is 8.33. The summed E-state index contributed by atoms with van der Waals surface area (Å²) in [6, 6.07) is 0. The maximum atomic E-state index is 12.9. The van der Waals surface area contributed by atoms with E-state index in [2.05, 4.69) is 86.8 Å². The molecule has 0 aromatic rings. The number of carbonyl (C=O) groups is 3. The fourth-order valence-electron chi connectivity index (χ4n) is 8.33.